The van der Waals surface area contributed by atoms with Gasteiger partial charge >= 0.3 is 6.03 Å². The molecule has 0 atom stereocenters. The van der Waals surface area contributed by atoms with Crippen LogP contribution in [0.2, 0.25) is 0 Å². The molecule has 1 aliphatic heterocycles. The van der Waals surface area contributed by atoms with Gasteiger partial charge in [-0.05, 0) is 26.3 Å². The summed E-state index contributed by atoms with van der Waals surface area (Å²) in [6, 6.07) is 10.0. The van der Waals surface area contributed by atoms with Crippen molar-refractivity contribution in [2.75, 3.05) is 29.9 Å². The molecule has 6 heteroatoms. The van der Waals surface area contributed by atoms with Gasteiger partial charge in [-0.1, -0.05) is 30.3 Å². The molecule has 2 aromatic rings. The van der Waals surface area contributed by atoms with Gasteiger partial charge in [0, 0.05) is 30.2 Å². The molecular weight excluding hydrogens is 320 g/mol. The number of benzene rings is 1. The Morgan fingerprint density at radius 1 is 1.17 bits per heavy atom. The van der Waals surface area contributed by atoms with E-state index in [4.69, 9.17) is 0 Å². The first-order valence-electron chi connectivity index (χ1n) is 8.24. The van der Waals surface area contributed by atoms with Crippen molar-refractivity contribution in [2.45, 2.75) is 26.3 Å². The van der Waals surface area contributed by atoms with E-state index in [1.54, 1.807) is 0 Å². The second-order valence-electron chi connectivity index (χ2n) is 6.89. The molecule has 1 fully saturated rings. The van der Waals surface area contributed by atoms with Crippen LogP contribution in [0.1, 0.15) is 20.8 Å². The Labute approximate surface area is 147 Å². The van der Waals surface area contributed by atoms with Gasteiger partial charge in [0.15, 0.2) is 0 Å². The van der Waals surface area contributed by atoms with Crippen LogP contribution >= 0.6 is 11.8 Å². The van der Waals surface area contributed by atoms with E-state index in [-0.39, 0.29) is 11.6 Å². The first-order valence-corrected chi connectivity index (χ1v) is 9.40. The summed E-state index contributed by atoms with van der Waals surface area (Å²) < 4.78 is 1.89. The minimum Gasteiger partial charge on any atom is -0.323 e. The number of urea groups is 1. The van der Waals surface area contributed by atoms with Crippen LogP contribution in [-0.2, 0) is 5.54 Å². The lowest BCUT2D eigenvalue weighted by Gasteiger charge is -2.28. The lowest BCUT2D eigenvalue weighted by atomic mass is 10.1. The summed E-state index contributed by atoms with van der Waals surface area (Å²) >= 11 is 1.89. The van der Waals surface area contributed by atoms with Crippen LogP contribution < -0.4 is 5.32 Å². The van der Waals surface area contributed by atoms with Crippen molar-refractivity contribution in [1.29, 1.82) is 0 Å². The third-order valence-electron chi connectivity index (χ3n) is 4.01. The fourth-order valence-electron chi connectivity index (χ4n) is 2.75. The van der Waals surface area contributed by atoms with Crippen molar-refractivity contribution in [1.82, 2.24) is 14.7 Å². The molecule has 0 spiro atoms. The molecule has 1 aromatic carbocycles. The second-order valence-corrected chi connectivity index (χ2v) is 8.11. The first kappa shape index (κ1) is 16.9. The molecule has 0 radical (unpaired) electrons. The maximum atomic E-state index is 12.7. The van der Waals surface area contributed by atoms with Gasteiger partial charge < -0.3 is 4.90 Å². The van der Waals surface area contributed by atoms with Crippen LogP contribution in [0.3, 0.4) is 0 Å². The normalized spacial score (nSPS) is 15.4. The Kier molecular flexibility index (Phi) is 4.85. The molecule has 1 saturated heterocycles. The molecule has 0 unspecified atom stereocenters. The average Bonchev–Trinajstić information content (AvgIpc) is 3.00. The molecule has 0 aliphatic carbocycles. The van der Waals surface area contributed by atoms with Crippen molar-refractivity contribution in [2.24, 2.45) is 0 Å². The molecular formula is C18H24N4OS. The van der Waals surface area contributed by atoms with Crippen LogP contribution in [0.15, 0.2) is 36.5 Å². The van der Waals surface area contributed by atoms with Crippen LogP contribution in [0.5, 0.6) is 0 Å². The second kappa shape index (κ2) is 6.89. The Hall–Kier alpha value is -1.95. The van der Waals surface area contributed by atoms with Gasteiger partial charge in [0.05, 0.1) is 11.7 Å². The number of thioether (sulfide) groups is 1. The molecule has 0 saturated carbocycles. The molecule has 24 heavy (non-hydrogen) atoms. The zero-order valence-electron chi connectivity index (χ0n) is 14.5. The lowest BCUT2D eigenvalue weighted by Crippen LogP contribution is -2.41. The summed E-state index contributed by atoms with van der Waals surface area (Å²) in [5.74, 6) is 2.76. The molecule has 1 aliphatic rings. The van der Waals surface area contributed by atoms with Crippen LogP contribution in [0, 0.1) is 0 Å². The van der Waals surface area contributed by atoms with E-state index in [2.05, 4.69) is 31.2 Å². The van der Waals surface area contributed by atoms with E-state index in [0.29, 0.717) is 0 Å². The van der Waals surface area contributed by atoms with Gasteiger partial charge in [-0.3, -0.25) is 5.32 Å². The van der Waals surface area contributed by atoms with Crippen molar-refractivity contribution in [3.05, 3.63) is 36.5 Å². The average molecular weight is 344 g/mol. The summed E-state index contributed by atoms with van der Waals surface area (Å²) in [6.45, 7) is 7.84. The van der Waals surface area contributed by atoms with Gasteiger partial charge in [-0.25, -0.2) is 9.48 Å². The smallest absolute Gasteiger partial charge is 0.323 e. The maximum Gasteiger partial charge on any atom is 0.323 e. The molecule has 2 amide bonds. The van der Waals surface area contributed by atoms with Crippen LogP contribution in [-0.4, -0.2) is 45.3 Å². The number of hydrogen-bond donors (Lipinski definition) is 1. The Morgan fingerprint density at radius 3 is 2.46 bits per heavy atom. The van der Waals surface area contributed by atoms with E-state index < -0.39 is 0 Å². The van der Waals surface area contributed by atoms with E-state index in [1.807, 2.05) is 57.9 Å². The van der Waals surface area contributed by atoms with Gasteiger partial charge in [-0.2, -0.15) is 16.9 Å². The first-order chi connectivity index (χ1) is 11.5. The number of rotatable bonds is 2. The molecule has 128 valence electrons. The molecule has 3 rings (SSSR count). The van der Waals surface area contributed by atoms with Crippen molar-refractivity contribution < 1.29 is 4.79 Å². The van der Waals surface area contributed by atoms with E-state index >= 15 is 0 Å². The number of nitrogens with one attached hydrogen (secondary N) is 1. The monoisotopic (exact) mass is 344 g/mol. The van der Waals surface area contributed by atoms with Crippen molar-refractivity contribution in [3.8, 4) is 11.1 Å². The van der Waals surface area contributed by atoms with Gasteiger partial charge in [0.2, 0.25) is 0 Å². The Bertz CT molecular complexity index is 700. The summed E-state index contributed by atoms with van der Waals surface area (Å²) in [6.07, 6.45) is 1.84. The molecule has 1 N–H and O–H groups in total. The van der Waals surface area contributed by atoms with Crippen molar-refractivity contribution >= 4 is 23.6 Å². The number of carbonyl (C=O) groups is 1. The standard InChI is InChI=1S/C18H24N4OS/c1-18(2,3)22-16(20-17(23)21-9-11-24-12-10-21)15(13-19-22)14-7-5-4-6-8-14/h4-8,13H,9-12H2,1-3H3,(H,20,23). The van der Waals surface area contributed by atoms with E-state index in [1.165, 1.54) is 0 Å². The molecule has 2 heterocycles. The van der Waals surface area contributed by atoms with Crippen molar-refractivity contribution in [3.63, 3.8) is 0 Å². The zero-order chi connectivity index (χ0) is 17.2. The largest absolute Gasteiger partial charge is 0.323 e. The zero-order valence-corrected chi connectivity index (χ0v) is 15.3. The van der Waals surface area contributed by atoms with Crippen LogP contribution in [0.4, 0.5) is 10.6 Å². The summed E-state index contributed by atoms with van der Waals surface area (Å²) in [5.41, 5.74) is 1.79. The third-order valence-corrected chi connectivity index (χ3v) is 4.96. The highest BCUT2D eigenvalue weighted by Crippen LogP contribution is 2.32. The number of aromatic nitrogens is 2. The highest BCUT2D eigenvalue weighted by atomic mass is 32.2. The van der Waals surface area contributed by atoms with Gasteiger partial charge in [0.25, 0.3) is 0 Å². The quantitative estimate of drug-likeness (QED) is 0.899. The Morgan fingerprint density at radius 2 is 1.83 bits per heavy atom. The minimum absolute atomic E-state index is 0.0431. The topological polar surface area (TPSA) is 50.2 Å². The van der Waals surface area contributed by atoms with E-state index in [9.17, 15) is 4.79 Å². The SMILES string of the molecule is CC(C)(C)n1ncc(-c2ccccc2)c1NC(=O)N1CCSCC1. The minimum atomic E-state index is -0.215. The molecule has 1 aromatic heterocycles. The third kappa shape index (κ3) is 3.59. The fourth-order valence-corrected chi connectivity index (χ4v) is 3.66. The van der Waals surface area contributed by atoms with Crippen LogP contribution in [0.25, 0.3) is 11.1 Å². The molecule has 0 bridgehead atoms. The number of amides is 2. The predicted molar refractivity (Wildman–Crippen MR) is 101 cm³/mol. The fraction of sp³-hybridized carbons (Fsp3) is 0.444. The number of anilines is 1. The summed E-state index contributed by atoms with van der Waals surface area (Å²) in [7, 11) is 0. The van der Waals surface area contributed by atoms with E-state index in [0.717, 1.165) is 41.5 Å². The number of nitrogens with zero attached hydrogens (tertiary/aromatic N) is 3. The number of hydrogen-bond acceptors (Lipinski definition) is 3. The highest BCUT2D eigenvalue weighted by Gasteiger charge is 2.25. The van der Waals surface area contributed by atoms with Gasteiger partial charge in [-0.15, -0.1) is 0 Å². The summed E-state index contributed by atoms with van der Waals surface area (Å²) in [4.78, 5) is 14.6. The Balaban J connectivity index is 1.94. The molecule has 5 nitrogen and oxygen atoms in total. The lowest BCUT2D eigenvalue weighted by molar-refractivity contribution is 0.216. The number of carbonyl (C=O) groups excluding carboxylic acids is 1. The predicted octanol–water partition coefficient (Wildman–Crippen LogP) is 3.89. The highest BCUT2D eigenvalue weighted by molar-refractivity contribution is 7.99. The summed E-state index contributed by atoms with van der Waals surface area (Å²) in [5, 5.41) is 7.65. The maximum absolute atomic E-state index is 12.7. The van der Waals surface area contributed by atoms with Gasteiger partial charge in [0.1, 0.15) is 5.82 Å².